The maximum Gasteiger partial charge on any atom is 0.336 e. The van der Waals surface area contributed by atoms with Crippen molar-refractivity contribution in [2.24, 2.45) is 0 Å². The number of nitro benzene ring substituents is 1. The van der Waals surface area contributed by atoms with Crippen molar-refractivity contribution in [1.29, 1.82) is 0 Å². The molecule has 0 spiro atoms. The average molecular weight is 509 g/mol. The van der Waals surface area contributed by atoms with E-state index in [2.05, 4.69) is 10.6 Å². The van der Waals surface area contributed by atoms with E-state index < -0.39 is 34.7 Å². The van der Waals surface area contributed by atoms with Crippen molar-refractivity contribution in [2.75, 3.05) is 13.2 Å². The minimum Gasteiger partial charge on any atom is -0.478 e. The monoisotopic (exact) mass is 509 g/mol. The summed E-state index contributed by atoms with van der Waals surface area (Å²) < 4.78 is 5.29. The summed E-state index contributed by atoms with van der Waals surface area (Å²) in [7, 11) is 0. The number of nitro groups is 1. The number of nitrogens with zero attached hydrogens (tertiary/aromatic N) is 1. The summed E-state index contributed by atoms with van der Waals surface area (Å²) in [5, 5.41) is 35.7. The quantitative estimate of drug-likeness (QED) is 0.169. The van der Waals surface area contributed by atoms with Gasteiger partial charge in [0.2, 0.25) is 0 Å². The van der Waals surface area contributed by atoms with Gasteiger partial charge in [0, 0.05) is 23.5 Å². The van der Waals surface area contributed by atoms with Crippen molar-refractivity contribution >= 4 is 29.5 Å². The van der Waals surface area contributed by atoms with E-state index in [1.807, 2.05) is 0 Å². The molecular formula is C25H23N3O9. The molecule has 0 radical (unpaired) electrons. The zero-order valence-electron chi connectivity index (χ0n) is 19.8. The lowest BCUT2D eigenvalue weighted by Crippen LogP contribution is -2.33. The van der Waals surface area contributed by atoms with Crippen molar-refractivity contribution in [2.45, 2.75) is 19.8 Å². The molecule has 0 aromatic heterocycles. The van der Waals surface area contributed by atoms with Crippen LogP contribution >= 0.6 is 0 Å². The van der Waals surface area contributed by atoms with Gasteiger partial charge in [0.1, 0.15) is 6.61 Å². The number of ether oxygens (including phenoxy) is 1. The first-order valence-corrected chi connectivity index (χ1v) is 11.0. The Balaban J connectivity index is 1.79. The van der Waals surface area contributed by atoms with Crippen LogP contribution in [0.4, 0.5) is 5.69 Å². The Morgan fingerprint density at radius 2 is 1.62 bits per heavy atom. The van der Waals surface area contributed by atoms with E-state index in [0.717, 1.165) is 0 Å². The topological polar surface area (TPSA) is 185 Å². The van der Waals surface area contributed by atoms with Crippen molar-refractivity contribution in [3.05, 3.63) is 97.9 Å². The Labute approximate surface area is 210 Å². The van der Waals surface area contributed by atoms with Crippen molar-refractivity contribution < 1.29 is 39.1 Å². The highest BCUT2D eigenvalue weighted by Gasteiger charge is 2.37. The van der Waals surface area contributed by atoms with E-state index in [4.69, 9.17) is 4.74 Å². The molecule has 0 aliphatic carbocycles. The highest BCUT2D eigenvalue weighted by atomic mass is 16.6. The standard InChI is InChI=1S/C25H23N3O9/c1-13-19(24(32)33)21(15-6-5-7-16(12-15)28(35)36)20(14(2)27-13)25(34)37-11-10-26-22(29)17-8-3-4-9-18(17)23(30)31/h3-9,12,21,27H,10-11H2,1-2H3,(H,26,29)(H,30,31)(H,32,33)/t21-/m1/s1. The highest BCUT2D eigenvalue weighted by molar-refractivity contribution is 6.04. The zero-order valence-corrected chi connectivity index (χ0v) is 19.8. The number of non-ortho nitro benzene ring substituents is 1. The summed E-state index contributed by atoms with van der Waals surface area (Å²) in [6.07, 6.45) is 0. The molecule has 3 rings (SSSR count). The summed E-state index contributed by atoms with van der Waals surface area (Å²) in [5.41, 5.74) is 0.0574. The minimum atomic E-state index is -1.32. The van der Waals surface area contributed by atoms with E-state index in [0.29, 0.717) is 5.70 Å². The van der Waals surface area contributed by atoms with Crippen LogP contribution in [-0.4, -0.2) is 52.1 Å². The van der Waals surface area contributed by atoms with E-state index in [1.54, 1.807) is 6.92 Å². The molecular weight excluding hydrogens is 486 g/mol. The number of carbonyl (C=O) groups excluding carboxylic acids is 2. The van der Waals surface area contributed by atoms with Crippen LogP contribution < -0.4 is 10.6 Å². The smallest absolute Gasteiger partial charge is 0.336 e. The first-order valence-electron chi connectivity index (χ1n) is 11.0. The fourth-order valence-corrected chi connectivity index (χ4v) is 4.05. The fourth-order valence-electron chi connectivity index (χ4n) is 4.05. The van der Waals surface area contributed by atoms with Gasteiger partial charge < -0.3 is 25.6 Å². The summed E-state index contributed by atoms with van der Waals surface area (Å²) in [5.74, 6) is -5.29. The number of nitrogens with one attached hydrogen (secondary N) is 2. The normalized spacial score (nSPS) is 15.0. The van der Waals surface area contributed by atoms with Crippen LogP contribution in [0, 0.1) is 10.1 Å². The van der Waals surface area contributed by atoms with Gasteiger partial charge in [-0.15, -0.1) is 0 Å². The molecule has 1 amide bonds. The first kappa shape index (κ1) is 26.6. The van der Waals surface area contributed by atoms with Gasteiger partial charge in [0.05, 0.1) is 39.7 Å². The number of carbonyl (C=O) groups is 4. The largest absolute Gasteiger partial charge is 0.478 e. The third kappa shape index (κ3) is 5.81. The Morgan fingerprint density at radius 1 is 0.973 bits per heavy atom. The number of carboxylic acids is 2. The van der Waals surface area contributed by atoms with Crippen LogP contribution in [0.2, 0.25) is 0 Å². The second kappa shape index (κ2) is 11.2. The molecule has 1 heterocycles. The zero-order chi connectivity index (χ0) is 27.3. The molecule has 12 nitrogen and oxygen atoms in total. The summed E-state index contributed by atoms with van der Waals surface area (Å²) in [6, 6.07) is 11.0. The highest BCUT2D eigenvalue weighted by Crippen LogP contribution is 2.39. The predicted molar refractivity (Wildman–Crippen MR) is 129 cm³/mol. The molecule has 0 saturated heterocycles. The Kier molecular flexibility index (Phi) is 8.02. The molecule has 2 aromatic carbocycles. The Morgan fingerprint density at radius 3 is 2.24 bits per heavy atom. The predicted octanol–water partition coefficient (Wildman–Crippen LogP) is 2.59. The van der Waals surface area contributed by atoms with Crippen molar-refractivity contribution in [3.63, 3.8) is 0 Å². The van der Waals surface area contributed by atoms with Gasteiger partial charge >= 0.3 is 17.9 Å². The Bertz CT molecular complexity index is 1360. The van der Waals surface area contributed by atoms with Gasteiger partial charge in [-0.1, -0.05) is 24.3 Å². The van der Waals surface area contributed by atoms with Gasteiger partial charge in [-0.2, -0.15) is 0 Å². The molecule has 2 aromatic rings. The maximum absolute atomic E-state index is 13.1. The number of aliphatic carboxylic acids is 1. The molecule has 4 N–H and O–H groups in total. The third-order valence-electron chi connectivity index (χ3n) is 5.65. The maximum atomic E-state index is 13.1. The molecule has 37 heavy (non-hydrogen) atoms. The van der Waals surface area contributed by atoms with Crippen LogP contribution in [0.5, 0.6) is 0 Å². The first-order chi connectivity index (χ1) is 17.5. The molecule has 192 valence electrons. The second-order valence-electron chi connectivity index (χ2n) is 8.04. The van der Waals surface area contributed by atoms with Gasteiger partial charge in [-0.25, -0.2) is 14.4 Å². The summed E-state index contributed by atoms with van der Waals surface area (Å²) in [4.78, 5) is 59.5. The van der Waals surface area contributed by atoms with Gasteiger partial charge in [-0.3, -0.25) is 14.9 Å². The number of hydrogen-bond acceptors (Lipinski definition) is 8. The van der Waals surface area contributed by atoms with Crippen molar-refractivity contribution in [1.82, 2.24) is 10.6 Å². The molecule has 0 fully saturated rings. The number of benzene rings is 2. The number of esters is 1. The van der Waals surface area contributed by atoms with E-state index >= 15 is 0 Å². The van der Waals surface area contributed by atoms with Crippen molar-refractivity contribution in [3.8, 4) is 0 Å². The number of allylic oxidation sites excluding steroid dienone is 2. The van der Waals surface area contributed by atoms with Gasteiger partial charge in [-0.05, 0) is 31.5 Å². The molecule has 0 unspecified atom stereocenters. The van der Waals surface area contributed by atoms with E-state index in [-0.39, 0.29) is 52.4 Å². The molecule has 1 atom stereocenters. The lowest BCUT2D eigenvalue weighted by molar-refractivity contribution is -0.384. The third-order valence-corrected chi connectivity index (χ3v) is 5.65. The molecule has 0 saturated carbocycles. The second-order valence-corrected chi connectivity index (χ2v) is 8.04. The number of rotatable bonds is 9. The Hall–Kier alpha value is -5.00. The number of amides is 1. The molecule has 0 bridgehead atoms. The van der Waals surface area contributed by atoms with Crippen LogP contribution in [0.15, 0.2) is 71.1 Å². The van der Waals surface area contributed by atoms with Crippen LogP contribution in [-0.2, 0) is 14.3 Å². The van der Waals surface area contributed by atoms with Crippen LogP contribution in [0.1, 0.15) is 46.0 Å². The SMILES string of the molecule is CC1=C(C(=O)O)[C@@H](c2cccc([N+](=O)[O-])c2)C(C(=O)OCCNC(=O)c2ccccc2C(=O)O)=C(C)N1. The average Bonchev–Trinajstić information content (AvgIpc) is 2.85. The lowest BCUT2D eigenvalue weighted by atomic mass is 9.80. The van der Waals surface area contributed by atoms with Gasteiger partial charge in [0.25, 0.3) is 11.6 Å². The molecule has 12 heteroatoms. The summed E-state index contributed by atoms with van der Waals surface area (Å²) >= 11 is 0. The lowest BCUT2D eigenvalue weighted by Gasteiger charge is -2.29. The fraction of sp³-hybridized carbons (Fsp3) is 0.200. The van der Waals surface area contributed by atoms with Crippen LogP contribution in [0.25, 0.3) is 0 Å². The number of aromatic carboxylic acids is 1. The minimum absolute atomic E-state index is 0.0500. The van der Waals surface area contributed by atoms with E-state index in [1.165, 1.54) is 55.5 Å². The van der Waals surface area contributed by atoms with Crippen LogP contribution in [0.3, 0.4) is 0 Å². The van der Waals surface area contributed by atoms with Gasteiger partial charge in [0.15, 0.2) is 0 Å². The number of dihydropyridines is 1. The summed E-state index contributed by atoms with van der Waals surface area (Å²) in [6.45, 7) is 2.61. The molecule has 1 aliphatic heterocycles. The molecule has 1 aliphatic rings. The number of hydrogen-bond donors (Lipinski definition) is 4. The number of carboxylic acid groups (broad SMARTS) is 2. The van der Waals surface area contributed by atoms with E-state index in [9.17, 15) is 39.5 Å².